The van der Waals surface area contributed by atoms with E-state index in [0.29, 0.717) is 17.8 Å². The smallest absolute Gasteiger partial charge is 0.0981 e. The maximum absolute atomic E-state index is 9.74. The zero-order valence-corrected chi connectivity index (χ0v) is 23.1. The normalized spacial score (nSPS) is 22.5. The lowest BCUT2D eigenvalue weighted by Crippen LogP contribution is -2.47. The van der Waals surface area contributed by atoms with Gasteiger partial charge in [0.2, 0.25) is 0 Å². The van der Waals surface area contributed by atoms with Gasteiger partial charge in [0.25, 0.3) is 0 Å². The van der Waals surface area contributed by atoms with Crippen LogP contribution in [-0.4, -0.2) is 62.3 Å². The minimum atomic E-state index is -0.0538. The second kappa shape index (κ2) is 17.8. The highest BCUT2D eigenvalue weighted by Gasteiger charge is 2.25. The van der Waals surface area contributed by atoms with Gasteiger partial charge >= 0.3 is 0 Å². The zero-order valence-electron chi connectivity index (χ0n) is 23.1. The summed E-state index contributed by atoms with van der Waals surface area (Å²) < 4.78 is 0. The van der Waals surface area contributed by atoms with Crippen LogP contribution >= 0.6 is 0 Å². The molecule has 3 unspecified atom stereocenters. The number of nitriles is 3. The van der Waals surface area contributed by atoms with E-state index in [1.807, 2.05) is 0 Å². The van der Waals surface area contributed by atoms with Crippen LogP contribution in [-0.2, 0) is 0 Å². The highest BCUT2D eigenvalue weighted by atomic mass is 15.2. The van der Waals surface area contributed by atoms with Gasteiger partial charge in [0, 0.05) is 39.3 Å². The van der Waals surface area contributed by atoms with Crippen LogP contribution in [0.25, 0.3) is 0 Å². The first-order chi connectivity index (χ1) is 18.2. The number of nitrogens with one attached hydrogen (secondary N) is 3. The molecular formula is C30H51N7. The first-order valence-electron chi connectivity index (χ1n) is 15.4. The topological polar surface area (TPSA) is 111 Å². The van der Waals surface area contributed by atoms with Crippen molar-refractivity contribution in [2.24, 2.45) is 17.8 Å². The molecular weight excluding hydrogens is 458 g/mol. The molecule has 3 fully saturated rings. The minimum absolute atomic E-state index is 0.0538. The van der Waals surface area contributed by atoms with Crippen molar-refractivity contribution in [1.29, 1.82) is 15.8 Å². The van der Waals surface area contributed by atoms with E-state index in [0.717, 1.165) is 77.8 Å². The molecule has 3 saturated carbocycles. The second-order valence-corrected chi connectivity index (χ2v) is 11.7. The van der Waals surface area contributed by atoms with Crippen LogP contribution in [0, 0.1) is 51.7 Å². The molecule has 7 heteroatoms. The zero-order chi connectivity index (χ0) is 26.1. The highest BCUT2D eigenvalue weighted by molar-refractivity contribution is 4.98. The molecule has 7 nitrogen and oxygen atoms in total. The molecule has 0 saturated heterocycles. The van der Waals surface area contributed by atoms with Crippen LogP contribution < -0.4 is 16.0 Å². The van der Waals surface area contributed by atoms with E-state index >= 15 is 0 Å². The Bertz CT molecular complexity index is 633. The summed E-state index contributed by atoms with van der Waals surface area (Å²) in [6, 6.07) is 7.41. The van der Waals surface area contributed by atoms with Crippen molar-refractivity contribution in [3.05, 3.63) is 0 Å². The van der Waals surface area contributed by atoms with Crippen LogP contribution in [0.2, 0.25) is 0 Å². The summed E-state index contributed by atoms with van der Waals surface area (Å²) in [6.07, 6.45) is 18.4. The average Bonchev–Trinajstić information content (AvgIpc) is 2.96. The van der Waals surface area contributed by atoms with E-state index in [9.17, 15) is 15.8 Å². The van der Waals surface area contributed by atoms with Crippen LogP contribution in [0.4, 0.5) is 0 Å². The molecule has 0 aliphatic heterocycles. The van der Waals surface area contributed by atoms with Crippen LogP contribution in [0.3, 0.4) is 0 Å². The molecule has 0 bridgehead atoms. The van der Waals surface area contributed by atoms with Crippen LogP contribution in [0.15, 0.2) is 0 Å². The average molecular weight is 510 g/mol. The maximum Gasteiger partial charge on any atom is 0.0981 e. The van der Waals surface area contributed by atoms with Crippen molar-refractivity contribution >= 4 is 0 Å². The summed E-state index contributed by atoms with van der Waals surface area (Å²) >= 11 is 0. The molecule has 0 heterocycles. The fourth-order valence-electron chi connectivity index (χ4n) is 6.83. The third-order valence-electron chi connectivity index (χ3n) is 9.16. The molecule has 0 aromatic heterocycles. The molecule has 0 radical (unpaired) electrons. The quantitative estimate of drug-likeness (QED) is 0.299. The van der Waals surface area contributed by atoms with E-state index in [2.05, 4.69) is 39.1 Å². The Morgan fingerprint density at radius 1 is 0.486 bits per heavy atom. The van der Waals surface area contributed by atoms with E-state index < -0.39 is 0 Å². The molecule has 3 aliphatic rings. The summed E-state index contributed by atoms with van der Waals surface area (Å²) in [7, 11) is 0. The SMILES string of the molecule is N#CC(NCCN(CCNC(C#N)C1CCCCC1)CCNC(C#N)C1CCCCC1)C1CCCCC1. The predicted octanol–water partition coefficient (Wildman–Crippen LogP) is 4.47. The number of nitrogens with zero attached hydrogens (tertiary/aromatic N) is 4. The standard InChI is InChI=1S/C30H51N7/c31-22-28(25-10-4-1-5-11-25)34-16-19-37(20-17-35-29(23-32)26-12-6-2-7-13-26)21-18-36-30(24-33)27-14-8-3-9-15-27/h25-30,34-36H,1-21H2. The van der Waals surface area contributed by atoms with E-state index in [4.69, 9.17) is 0 Å². The Morgan fingerprint density at radius 2 is 0.757 bits per heavy atom. The van der Waals surface area contributed by atoms with Gasteiger partial charge in [-0.15, -0.1) is 0 Å². The molecule has 3 atom stereocenters. The summed E-state index contributed by atoms with van der Waals surface area (Å²) in [6.45, 7) is 5.00. The Balaban J connectivity index is 1.47. The Kier molecular flexibility index (Phi) is 14.3. The minimum Gasteiger partial charge on any atom is -0.300 e. The maximum atomic E-state index is 9.74. The molecule has 0 aromatic carbocycles. The predicted molar refractivity (Wildman–Crippen MR) is 148 cm³/mol. The molecule has 0 amide bonds. The molecule has 3 N–H and O–H groups in total. The molecule has 37 heavy (non-hydrogen) atoms. The largest absolute Gasteiger partial charge is 0.300 e. The van der Waals surface area contributed by atoms with Crippen molar-refractivity contribution in [1.82, 2.24) is 20.9 Å². The van der Waals surface area contributed by atoms with Gasteiger partial charge in [-0.1, -0.05) is 57.8 Å². The highest BCUT2D eigenvalue weighted by Crippen LogP contribution is 2.28. The first-order valence-corrected chi connectivity index (χ1v) is 15.4. The number of rotatable bonds is 15. The third-order valence-corrected chi connectivity index (χ3v) is 9.16. The molecule has 206 valence electrons. The third kappa shape index (κ3) is 10.5. The van der Waals surface area contributed by atoms with Gasteiger partial charge in [0.1, 0.15) is 0 Å². The Hall–Kier alpha value is -1.69. The lowest BCUT2D eigenvalue weighted by Gasteiger charge is -2.30. The lowest BCUT2D eigenvalue weighted by atomic mass is 9.84. The second-order valence-electron chi connectivity index (χ2n) is 11.7. The Morgan fingerprint density at radius 3 is 1.00 bits per heavy atom. The van der Waals surface area contributed by atoms with Gasteiger partial charge in [-0.25, -0.2) is 0 Å². The van der Waals surface area contributed by atoms with Crippen molar-refractivity contribution in [3.8, 4) is 18.2 Å². The monoisotopic (exact) mass is 509 g/mol. The number of hydrogen-bond acceptors (Lipinski definition) is 7. The van der Waals surface area contributed by atoms with Crippen molar-refractivity contribution < 1.29 is 0 Å². The van der Waals surface area contributed by atoms with Gasteiger partial charge < -0.3 is 16.0 Å². The van der Waals surface area contributed by atoms with Gasteiger partial charge in [0.15, 0.2) is 0 Å². The number of hydrogen-bond donors (Lipinski definition) is 3. The summed E-state index contributed by atoms with van der Waals surface area (Å²) in [4.78, 5) is 2.42. The van der Waals surface area contributed by atoms with E-state index in [1.54, 1.807) is 0 Å². The van der Waals surface area contributed by atoms with Gasteiger partial charge in [-0.3, -0.25) is 4.90 Å². The summed E-state index contributed by atoms with van der Waals surface area (Å²) in [5, 5.41) is 39.9. The van der Waals surface area contributed by atoms with Gasteiger partial charge in [-0.05, 0) is 56.3 Å². The fourth-order valence-corrected chi connectivity index (χ4v) is 6.83. The molecule has 0 spiro atoms. The van der Waals surface area contributed by atoms with Gasteiger partial charge in [0.05, 0.1) is 36.3 Å². The fraction of sp³-hybridized carbons (Fsp3) is 0.900. The summed E-state index contributed by atoms with van der Waals surface area (Å²) in [5.74, 6) is 1.44. The van der Waals surface area contributed by atoms with E-state index in [1.165, 1.54) is 57.8 Å². The molecule has 3 aliphatic carbocycles. The van der Waals surface area contributed by atoms with Crippen LogP contribution in [0.1, 0.15) is 96.3 Å². The first kappa shape index (κ1) is 29.9. The molecule has 0 aromatic rings. The molecule has 3 rings (SSSR count). The van der Waals surface area contributed by atoms with Crippen LogP contribution in [0.5, 0.6) is 0 Å². The van der Waals surface area contributed by atoms with Crippen molar-refractivity contribution in [2.75, 3.05) is 39.3 Å². The van der Waals surface area contributed by atoms with Crippen molar-refractivity contribution in [3.63, 3.8) is 0 Å². The Labute approximate surface area is 226 Å². The summed E-state index contributed by atoms with van der Waals surface area (Å²) in [5.41, 5.74) is 0. The lowest BCUT2D eigenvalue weighted by molar-refractivity contribution is 0.236. The van der Waals surface area contributed by atoms with Crippen molar-refractivity contribution in [2.45, 2.75) is 114 Å². The van der Waals surface area contributed by atoms with Gasteiger partial charge in [-0.2, -0.15) is 15.8 Å². The van der Waals surface area contributed by atoms with E-state index in [-0.39, 0.29) is 18.1 Å².